The number of fused-ring (bicyclic) bond motifs is 1. The van der Waals surface area contributed by atoms with E-state index in [0.29, 0.717) is 32.4 Å². The van der Waals surface area contributed by atoms with Gasteiger partial charge < -0.3 is 4.90 Å². The molecular weight excluding hydrogens is 312 g/mol. The van der Waals surface area contributed by atoms with E-state index in [9.17, 15) is 13.2 Å². The van der Waals surface area contributed by atoms with E-state index in [4.69, 9.17) is 0 Å². The maximum absolute atomic E-state index is 12.8. The molecule has 0 aromatic heterocycles. The van der Waals surface area contributed by atoms with Gasteiger partial charge in [-0.15, -0.1) is 6.58 Å². The van der Waals surface area contributed by atoms with E-state index in [2.05, 4.69) is 6.58 Å². The van der Waals surface area contributed by atoms with E-state index in [1.807, 2.05) is 30.3 Å². The van der Waals surface area contributed by atoms with Crippen molar-refractivity contribution in [3.05, 3.63) is 48.6 Å². The number of hydrogen-bond acceptors (Lipinski definition) is 3. The molecule has 0 saturated carbocycles. The first-order chi connectivity index (χ1) is 11.0. The minimum atomic E-state index is -3.37. The van der Waals surface area contributed by atoms with Crippen molar-refractivity contribution >= 4 is 15.9 Å². The van der Waals surface area contributed by atoms with Gasteiger partial charge >= 0.3 is 0 Å². The highest BCUT2D eigenvalue weighted by Gasteiger charge is 2.46. The average molecular weight is 334 g/mol. The largest absolute Gasteiger partial charge is 0.334 e. The van der Waals surface area contributed by atoms with Crippen LogP contribution in [-0.2, 0) is 20.6 Å². The number of carbonyl (C=O) groups is 1. The van der Waals surface area contributed by atoms with Crippen LogP contribution in [0.5, 0.6) is 0 Å². The average Bonchev–Trinajstić information content (AvgIpc) is 2.96. The second-order valence-electron chi connectivity index (χ2n) is 6.15. The Morgan fingerprint density at radius 3 is 2.61 bits per heavy atom. The van der Waals surface area contributed by atoms with Crippen LogP contribution in [0.15, 0.2) is 43.0 Å². The number of piperidine rings is 1. The Bertz CT molecular complexity index is 687. The fourth-order valence-corrected chi connectivity index (χ4v) is 5.52. The van der Waals surface area contributed by atoms with Crippen LogP contribution in [0.3, 0.4) is 0 Å². The second kappa shape index (κ2) is 6.45. The molecule has 0 unspecified atom stereocenters. The third kappa shape index (κ3) is 3.19. The quantitative estimate of drug-likeness (QED) is 0.771. The summed E-state index contributed by atoms with van der Waals surface area (Å²) in [6.07, 6.45) is 3.44. The topological polar surface area (TPSA) is 57.7 Å². The van der Waals surface area contributed by atoms with Crippen LogP contribution in [0.25, 0.3) is 0 Å². The molecule has 2 aliphatic heterocycles. The van der Waals surface area contributed by atoms with E-state index in [1.54, 1.807) is 15.3 Å². The zero-order chi connectivity index (χ0) is 16.4. The smallest absolute Gasteiger partial charge is 0.223 e. The van der Waals surface area contributed by atoms with Crippen molar-refractivity contribution < 1.29 is 13.2 Å². The molecule has 124 valence electrons. The number of sulfonamides is 1. The SMILES string of the molecule is C=CCN1C(=O)CC[C@@H]2[C@H]1CCN2S(=O)(=O)Cc1ccccc1. The molecule has 0 spiro atoms. The summed E-state index contributed by atoms with van der Waals surface area (Å²) < 4.78 is 27.2. The lowest BCUT2D eigenvalue weighted by Gasteiger charge is -2.38. The third-order valence-corrected chi connectivity index (χ3v) is 6.58. The summed E-state index contributed by atoms with van der Waals surface area (Å²) in [7, 11) is -3.37. The first-order valence-electron chi connectivity index (χ1n) is 7.97. The Morgan fingerprint density at radius 2 is 1.91 bits per heavy atom. The molecule has 0 aliphatic carbocycles. The Hall–Kier alpha value is -1.66. The Labute approximate surface area is 137 Å². The first-order valence-corrected chi connectivity index (χ1v) is 9.57. The van der Waals surface area contributed by atoms with Gasteiger partial charge in [0.15, 0.2) is 0 Å². The third-order valence-electron chi connectivity index (χ3n) is 4.71. The standard InChI is InChI=1S/C17H22N2O3S/c1-2-11-18-15-10-12-19(16(15)8-9-17(18)20)23(21,22)13-14-6-4-3-5-7-14/h2-7,15-16H,1,8-13H2/t15-,16-/m1/s1. The summed E-state index contributed by atoms with van der Waals surface area (Å²) >= 11 is 0. The lowest BCUT2D eigenvalue weighted by Crippen LogP contribution is -2.53. The molecule has 23 heavy (non-hydrogen) atoms. The van der Waals surface area contributed by atoms with E-state index in [-0.39, 0.29) is 23.7 Å². The molecule has 2 aliphatic rings. The maximum Gasteiger partial charge on any atom is 0.223 e. The summed E-state index contributed by atoms with van der Waals surface area (Å²) in [5, 5.41) is 0. The van der Waals surface area contributed by atoms with Gasteiger partial charge in [0.05, 0.1) is 5.75 Å². The van der Waals surface area contributed by atoms with Crippen LogP contribution in [0, 0.1) is 0 Å². The first kappa shape index (κ1) is 16.2. The van der Waals surface area contributed by atoms with Gasteiger partial charge in [-0.2, -0.15) is 4.31 Å². The van der Waals surface area contributed by atoms with Crippen molar-refractivity contribution in [3.8, 4) is 0 Å². The minimum Gasteiger partial charge on any atom is -0.334 e. The monoisotopic (exact) mass is 334 g/mol. The van der Waals surface area contributed by atoms with Crippen LogP contribution >= 0.6 is 0 Å². The zero-order valence-electron chi connectivity index (χ0n) is 13.1. The van der Waals surface area contributed by atoms with Gasteiger partial charge in [0.2, 0.25) is 15.9 Å². The summed E-state index contributed by atoms with van der Waals surface area (Å²) in [6.45, 7) is 4.69. The number of nitrogens with zero attached hydrogens (tertiary/aromatic N) is 2. The highest BCUT2D eigenvalue weighted by Crippen LogP contribution is 2.34. The molecule has 0 radical (unpaired) electrons. The van der Waals surface area contributed by atoms with Crippen molar-refractivity contribution in [3.63, 3.8) is 0 Å². The van der Waals surface area contributed by atoms with Crippen molar-refractivity contribution in [2.24, 2.45) is 0 Å². The molecule has 0 N–H and O–H groups in total. The highest BCUT2D eigenvalue weighted by molar-refractivity contribution is 7.88. The molecule has 2 atom stereocenters. The molecule has 6 heteroatoms. The van der Waals surface area contributed by atoms with Gasteiger partial charge in [-0.3, -0.25) is 4.79 Å². The van der Waals surface area contributed by atoms with Crippen molar-refractivity contribution in [1.29, 1.82) is 0 Å². The number of benzene rings is 1. The molecular formula is C17H22N2O3S. The van der Waals surface area contributed by atoms with Crippen molar-refractivity contribution in [2.45, 2.75) is 37.1 Å². The van der Waals surface area contributed by atoms with Crippen LogP contribution in [-0.4, -0.2) is 48.7 Å². The Balaban J connectivity index is 1.79. The predicted octanol–water partition coefficient (Wildman–Crippen LogP) is 1.77. The fraction of sp³-hybridized carbons (Fsp3) is 0.471. The van der Waals surface area contributed by atoms with Crippen LogP contribution in [0.1, 0.15) is 24.8 Å². The molecule has 2 fully saturated rings. The Kier molecular flexibility index (Phi) is 4.55. The molecule has 0 bridgehead atoms. The second-order valence-corrected chi connectivity index (χ2v) is 8.07. The van der Waals surface area contributed by atoms with Gasteiger partial charge in [0.25, 0.3) is 0 Å². The molecule has 2 saturated heterocycles. The number of amides is 1. The summed E-state index contributed by atoms with van der Waals surface area (Å²) in [5.41, 5.74) is 0.797. The summed E-state index contributed by atoms with van der Waals surface area (Å²) in [6, 6.07) is 9.13. The minimum absolute atomic E-state index is 0.0141. The van der Waals surface area contributed by atoms with E-state index >= 15 is 0 Å². The van der Waals surface area contributed by atoms with Gasteiger partial charge in [-0.05, 0) is 18.4 Å². The van der Waals surface area contributed by atoms with Crippen LogP contribution < -0.4 is 0 Å². The van der Waals surface area contributed by atoms with Crippen LogP contribution in [0.4, 0.5) is 0 Å². The summed E-state index contributed by atoms with van der Waals surface area (Å²) in [5.74, 6) is 0.125. The Morgan fingerprint density at radius 1 is 1.17 bits per heavy atom. The normalized spacial score (nSPS) is 25.4. The predicted molar refractivity (Wildman–Crippen MR) is 89.1 cm³/mol. The number of likely N-dealkylation sites (tertiary alicyclic amines) is 1. The fourth-order valence-electron chi connectivity index (χ4n) is 3.70. The highest BCUT2D eigenvalue weighted by atomic mass is 32.2. The molecule has 1 aromatic carbocycles. The number of rotatable bonds is 5. The lowest BCUT2D eigenvalue weighted by atomic mass is 9.97. The van der Waals surface area contributed by atoms with Crippen LogP contribution in [0.2, 0.25) is 0 Å². The molecule has 1 aromatic rings. The lowest BCUT2D eigenvalue weighted by molar-refractivity contribution is -0.136. The van der Waals surface area contributed by atoms with Gasteiger partial charge in [-0.1, -0.05) is 36.4 Å². The zero-order valence-corrected chi connectivity index (χ0v) is 13.9. The van der Waals surface area contributed by atoms with Gasteiger partial charge in [0.1, 0.15) is 0 Å². The van der Waals surface area contributed by atoms with Crippen molar-refractivity contribution in [1.82, 2.24) is 9.21 Å². The van der Waals surface area contributed by atoms with E-state index < -0.39 is 10.0 Å². The molecule has 3 rings (SSSR count). The number of hydrogen-bond donors (Lipinski definition) is 0. The molecule has 5 nitrogen and oxygen atoms in total. The molecule has 2 heterocycles. The van der Waals surface area contributed by atoms with E-state index in [1.165, 1.54) is 0 Å². The number of carbonyl (C=O) groups excluding carboxylic acids is 1. The van der Waals surface area contributed by atoms with Crippen molar-refractivity contribution in [2.75, 3.05) is 13.1 Å². The van der Waals surface area contributed by atoms with Gasteiger partial charge in [0, 0.05) is 31.6 Å². The summed E-state index contributed by atoms with van der Waals surface area (Å²) in [4.78, 5) is 13.9. The maximum atomic E-state index is 12.8. The molecule has 1 amide bonds. The van der Waals surface area contributed by atoms with Gasteiger partial charge in [-0.25, -0.2) is 8.42 Å². The van der Waals surface area contributed by atoms with E-state index in [0.717, 1.165) is 5.56 Å².